The largest absolute Gasteiger partial charge is 0.457 e. The zero-order valence-electron chi connectivity index (χ0n) is 16.5. The maximum Gasteiger partial charge on any atom is 0.338 e. The van der Waals surface area contributed by atoms with E-state index >= 15 is 0 Å². The van der Waals surface area contributed by atoms with Crippen LogP contribution in [0.5, 0.6) is 0 Å². The molecule has 0 saturated heterocycles. The number of ether oxygens (including phenoxy) is 1. The third kappa shape index (κ3) is 4.63. The highest BCUT2D eigenvalue weighted by Gasteiger charge is 2.10. The van der Waals surface area contributed by atoms with E-state index in [9.17, 15) is 9.18 Å². The Labute approximate surface area is 174 Å². The number of hydrogen-bond acceptors (Lipinski definition) is 4. The molecule has 4 aromatic rings. The van der Waals surface area contributed by atoms with Gasteiger partial charge in [-0.1, -0.05) is 42.5 Å². The van der Waals surface area contributed by atoms with E-state index in [1.807, 2.05) is 24.3 Å². The summed E-state index contributed by atoms with van der Waals surface area (Å²) in [5.41, 5.74) is 4.02. The molecule has 0 unspecified atom stereocenters. The van der Waals surface area contributed by atoms with Gasteiger partial charge in [0.2, 0.25) is 0 Å². The van der Waals surface area contributed by atoms with E-state index in [1.165, 1.54) is 17.7 Å². The van der Waals surface area contributed by atoms with Crippen molar-refractivity contribution < 1.29 is 13.9 Å². The molecule has 1 atom stereocenters. The highest BCUT2D eigenvalue weighted by molar-refractivity contribution is 5.95. The fraction of sp³-hybridized carbons (Fsp3) is 0.120. The number of fused-ring (bicyclic) bond motifs is 1. The van der Waals surface area contributed by atoms with Crippen LogP contribution < -0.4 is 5.32 Å². The van der Waals surface area contributed by atoms with Gasteiger partial charge in [0.1, 0.15) is 12.4 Å². The zero-order chi connectivity index (χ0) is 20.9. The molecule has 0 bridgehead atoms. The number of nitrogens with zero attached hydrogens (tertiary/aromatic N) is 1. The van der Waals surface area contributed by atoms with Crippen LogP contribution in [-0.4, -0.2) is 11.0 Å². The molecule has 0 aliphatic rings. The second kappa shape index (κ2) is 8.74. The lowest BCUT2D eigenvalue weighted by molar-refractivity contribution is 0.0473. The van der Waals surface area contributed by atoms with Gasteiger partial charge in [0.05, 0.1) is 23.0 Å². The van der Waals surface area contributed by atoms with Gasteiger partial charge in [-0.2, -0.15) is 0 Å². The summed E-state index contributed by atoms with van der Waals surface area (Å²) >= 11 is 0. The predicted octanol–water partition coefficient (Wildman–Crippen LogP) is 5.90. The second-order valence-electron chi connectivity index (χ2n) is 7.11. The number of rotatable bonds is 6. The Morgan fingerprint density at radius 3 is 2.57 bits per heavy atom. The summed E-state index contributed by atoms with van der Waals surface area (Å²) < 4.78 is 18.3. The molecule has 0 radical (unpaired) electrons. The number of esters is 1. The van der Waals surface area contributed by atoms with Crippen molar-refractivity contribution in [3.8, 4) is 0 Å². The molecule has 5 heteroatoms. The van der Waals surface area contributed by atoms with E-state index in [4.69, 9.17) is 4.74 Å². The van der Waals surface area contributed by atoms with Gasteiger partial charge < -0.3 is 10.1 Å². The maximum atomic E-state index is 13.0. The number of benzene rings is 3. The van der Waals surface area contributed by atoms with Crippen LogP contribution in [-0.2, 0) is 11.3 Å². The Morgan fingerprint density at radius 2 is 1.80 bits per heavy atom. The topological polar surface area (TPSA) is 51.2 Å². The summed E-state index contributed by atoms with van der Waals surface area (Å²) in [4.78, 5) is 16.9. The Morgan fingerprint density at radius 1 is 1.03 bits per heavy atom. The number of carbonyl (C=O) groups excluding carboxylic acids is 1. The van der Waals surface area contributed by atoms with Gasteiger partial charge >= 0.3 is 5.97 Å². The van der Waals surface area contributed by atoms with Crippen LogP contribution in [0.1, 0.15) is 34.5 Å². The van der Waals surface area contributed by atoms with Crippen LogP contribution in [0.25, 0.3) is 10.9 Å². The SMILES string of the molecule is C[C@H](Nc1cnc2ccc(C(=O)OCc3ccc(F)cc3)cc2c1)c1ccccc1. The van der Waals surface area contributed by atoms with Crippen molar-refractivity contribution >= 4 is 22.6 Å². The van der Waals surface area contributed by atoms with E-state index in [0.717, 1.165) is 22.2 Å². The minimum Gasteiger partial charge on any atom is -0.457 e. The Hall–Kier alpha value is -3.73. The Balaban J connectivity index is 1.48. The van der Waals surface area contributed by atoms with Gasteiger partial charge in [0.25, 0.3) is 0 Å². The molecule has 0 fully saturated rings. The van der Waals surface area contributed by atoms with Gasteiger partial charge in [-0.3, -0.25) is 4.98 Å². The van der Waals surface area contributed by atoms with Crippen LogP contribution in [0.3, 0.4) is 0 Å². The molecule has 0 amide bonds. The molecule has 3 aromatic carbocycles. The molecular formula is C25H21FN2O2. The third-order valence-electron chi connectivity index (χ3n) is 4.88. The molecule has 0 aliphatic carbocycles. The van der Waals surface area contributed by atoms with E-state index < -0.39 is 5.97 Å². The number of halogens is 1. The molecule has 4 rings (SSSR count). The molecule has 0 saturated carbocycles. The zero-order valence-corrected chi connectivity index (χ0v) is 16.5. The van der Waals surface area contributed by atoms with Crippen molar-refractivity contribution in [3.05, 3.63) is 108 Å². The number of pyridine rings is 1. The van der Waals surface area contributed by atoms with Crippen molar-refractivity contribution in [2.24, 2.45) is 0 Å². The molecule has 0 spiro atoms. The first-order valence-electron chi connectivity index (χ1n) is 9.71. The Kier molecular flexibility index (Phi) is 5.70. The lowest BCUT2D eigenvalue weighted by atomic mass is 10.1. The Bertz CT molecular complexity index is 1160. The summed E-state index contributed by atoms with van der Waals surface area (Å²) in [6, 6.07) is 23.4. The average Bonchev–Trinajstić information content (AvgIpc) is 2.78. The van der Waals surface area contributed by atoms with E-state index in [-0.39, 0.29) is 18.5 Å². The molecule has 4 nitrogen and oxygen atoms in total. The molecule has 30 heavy (non-hydrogen) atoms. The number of anilines is 1. The van der Waals surface area contributed by atoms with Gasteiger partial charge in [-0.25, -0.2) is 9.18 Å². The summed E-state index contributed by atoms with van der Waals surface area (Å²) in [6.45, 7) is 2.17. The number of hydrogen-bond donors (Lipinski definition) is 1. The molecule has 150 valence electrons. The summed E-state index contributed by atoms with van der Waals surface area (Å²) in [7, 11) is 0. The predicted molar refractivity (Wildman–Crippen MR) is 116 cm³/mol. The van der Waals surface area contributed by atoms with Crippen molar-refractivity contribution in [2.75, 3.05) is 5.32 Å². The van der Waals surface area contributed by atoms with Crippen molar-refractivity contribution in [1.82, 2.24) is 4.98 Å². The lowest BCUT2D eigenvalue weighted by Gasteiger charge is -2.16. The van der Waals surface area contributed by atoms with Crippen molar-refractivity contribution in [1.29, 1.82) is 0 Å². The van der Waals surface area contributed by atoms with E-state index in [2.05, 4.69) is 29.4 Å². The quantitative estimate of drug-likeness (QED) is 0.409. The normalized spacial score (nSPS) is 11.8. The molecule has 1 heterocycles. The minimum atomic E-state index is -0.433. The maximum absolute atomic E-state index is 13.0. The van der Waals surface area contributed by atoms with Gasteiger partial charge in [-0.15, -0.1) is 0 Å². The first-order chi connectivity index (χ1) is 14.6. The van der Waals surface area contributed by atoms with Gasteiger partial charge in [-0.05, 0) is 54.4 Å². The summed E-state index contributed by atoms with van der Waals surface area (Å²) in [5, 5.41) is 4.28. The summed E-state index contributed by atoms with van der Waals surface area (Å²) in [6.07, 6.45) is 1.79. The highest BCUT2D eigenvalue weighted by Crippen LogP contribution is 2.23. The van der Waals surface area contributed by atoms with Crippen LogP contribution in [0.2, 0.25) is 0 Å². The summed E-state index contributed by atoms with van der Waals surface area (Å²) in [5.74, 6) is -0.754. The first-order valence-corrected chi connectivity index (χ1v) is 9.71. The second-order valence-corrected chi connectivity index (χ2v) is 7.11. The van der Waals surface area contributed by atoms with Crippen LogP contribution >= 0.6 is 0 Å². The smallest absolute Gasteiger partial charge is 0.338 e. The minimum absolute atomic E-state index is 0.0889. The molecule has 1 N–H and O–H groups in total. The highest BCUT2D eigenvalue weighted by atomic mass is 19.1. The van der Waals surface area contributed by atoms with Gasteiger partial charge in [0.15, 0.2) is 0 Å². The van der Waals surface area contributed by atoms with Crippen LogP contribution in [0.15, 0.2) is 85.1 Å². The van der Waals surface area contributed by atoms with E-state index in [0.29, 0.717) is 5.56 Å². The monoisotopic (exact) mass is 400 g/mol. The number of aromatic nitrogens is 1. The first kappa shape index (κ1) is 19.6. The third-order valence-corrected chi connectivity index (χ3v) is 4.88. The van der Waals surface area contributed by atoms with E-state index in [1.54, 1.807) is 36.5 Å². The number of carbonyl (C=O) groups is 1. The fourth-order valence-corrected chi connectivity index (χ4v) is 3.23. The standard InChI is InChI=1S/C25H21FN2O2/c1-17(19-5-3-2-4-6-19)28-23-14-21-13-20(9-12-24(21)27-15-23)25(29)30-16-18-7-10-22(26)11-8-18/h2-15,17,28H,16H2,1H3/t17-/m0/s1. The molecular weight excluding hydrogens is 379 g/mol. The average molecular weight is 400 g/mol. The van der Waals surface area contributed by atoms with Gasteiger partial charge in [0, 0.05) is 11.4 Å². The van der Waals surface area contributed by atoms with Crippen LogP contribution in [0, 0.1) is 5.82 Å². The molecule has 0 aliphatic heterocycles. The van der Waals surface area contributed by atoms with Crippen molar-refractivity contribution in [2.45, 2.75) is 19.6 Å². The molecule has 1 aromatic heterocycles. The number of nitrogens with one attached hydrogen (secondary N) is 1. The van der Waals surface area contributed by atoms with Crippen LogP contribution in [0.4, 0.5) is 10.1 Å². The lowest BCUT2D eigenvalue weighted by Crippen LogP contribution is -2.07. The fourth-order valence-electron chi connectivity index (χ4n) is 3.23. The van der Waals surface area contributed by atoms with Crippen molar-refractivity contribution in [3.63, 3.8) is 0 Å².